The number of sulfonamides is 1. The molecule has 1 atom stereocenters. The van der Waals surface area contributed by atoms with Crippen molar-refractivity contribution in [1.29, 1.82) is 0 Å². The summed E-state index contributed by atoms with van der Waals surface area (Å²) in [6, 6.07) is 13.7. The summed E-state index contributed by atoms with van der Waals surface area (Å²) < 4.78 is 45.5. The summed E-state index contributed by atoms with van der Waals surface area (Å²) in [6.45, 7) is 1.50. The lowest BCUT2D eigenvalue weighted by atomic mass is 10.2. The van der Waals surface area contributed by atoms with E-state index in [1.807, 2.05) is 0 Å². The smallest absolute Gasteiger partial charge is 0.291 e. The first-order valence-electron chi connectivity index (χ1n) is 9.24. The zero-order valence-corrected chi connectivity index (χ0v) is 17.3. The van der Waals surface area contributed by atoms with Gasteiger partial charge in [-0.15, -0.1) is 0 Å². The van der Waals surface area contributed by atoms with Crippen LogP contribution in [-0.2, 0) is 21.4 Å². The van der Waals surface area contributed by atoms with Gasteiger partial charge in [0.2, 0.25) is 15.9 Å². The van der Waals surface area contributed by atoms with Gasteiger partial charge in [0.05, 0.1) is 12.3 Å². The van der Waals surface area contributed by atoms with Crippen molar-refractivity contribution in [1.82, 2.24) is 10.0 Å². The number of benzene rings is 2. The van der Waals surface area contributed by atoms with Crippen molar-refractivity contribution in [3.05, 3.63) is 84.1 Å². The molecule has 31 heavy (non-hydrogen) atoms. The van der Waals surface area contributed by atoms with Crippen LogP contribution >= 0.6 is 0 Å². The molecule has 10 heteroatoms. The number of anilines is 1. The largest absolute Gasteiger partial charge is 0.459 e. The van der Waals surface area contributed by atoms with Gasteiger partial charge in [0.1, 0.15) is 10.7 Å². The summed E-state index contributed by atoms with van der Waals surface area (Å²) in [7, 11) is -4.19. The fourth-order valence-electron chi connectivity index (χ4n) is 2.66. The highest BCUT2D eigenvalue weighted by Crippen LogP contribution is 2.14. The predicted octanol–water partition coefficient (Wildman–Crippen LogP) is 2.65. The number of halogens is 1. The van der Waals surface area contributed by atoms with Gasteiger partial charge < -0.3 is 15.1 Å². The van der Waals surface area contributed by atoms with Crippen molar-refractivity contribution in [2.75, 3.05) is 5.32 Å². The second kappa shape index (κ2) is 9.54. The van der Waals surface area contributed by atoms with Crippen LogP contribution in [0.5, 0.6) is 0 Å². The van der Waals surface area contributed by atoms with E-state index in [0.717, 1.165) is 17.7 Å². The number of nitrogens with one attached hydrogen (secondary N) is 3. The fraction of sp³-hybridized carbons (Fsp3) is 0.143. The molecule has 1 heterocycles. The van der Waals surface area contributed by atoms with Gasteiger partial charge in [0.25, 0.3) is 5.91 Å². The molecule has 0 aliphatic heterocycles. The molecule has 0 saturated heterocycles. The molecule has 0 spiro atoms. The van der Waals surface area contributed by atoms with E-state index in [2.05, 4.69) is 15.4 Å². The summed E-state index contributed by atoms with van der Waals surface area (Å²) in [5.41, 5.74) is 1.27. The topological polar surface area (TPSA) is 118 Å². The molecular weight excluding hydrogens is 425 g/mol. The first kappa shape index (κ1) is 22.2. The zero-order chi connectivity index (χ0) is 22.4. The molecule has 2 amide bonds. The number of amides is 2. The summed E-state index contributed by atoms with van der Waals surface area (Å²) in [4.78, 5) is 23.7. The molecular formula is C21H20FN3O5S. The molecule has 1 aromatic heterocycles. The summed E-state index contributed by atoms with van der Waals surface area (Å²) in [6.07, 6.45) is 1.40. The summed E-state index contributed by atoms with van der Waals surface area (Å²) >= 11 is 0. The lowest BCUT2D eigenvalue weighted by molar-refractivity contribution is -0.122. The second-order valence-electron chi connectivity index (χ2n) is 6.62. The van der Waals surface area contributed by atoms with Gasteiger partial charge in [-0.3, -0.25) is 9.59 Å². The molecule has 0 aliphatic rings. The van der Waals surface area contributed by atoms with Gasteiger partial charge >= 0.3 is 0 Å². The van der Waals surface area contributed by atoms with Crippen LogP contribution in [0.25, 0.3) is 0 Å². The molecule has 2 aromatic carbocycles. The maximum atomic E-state index is 13.7. The zero-order valence-electron chi connectivity index (χ0n) is 16.5. The van der Waals surface area contributed by atoms with E-state index in [9.17, 15) is 22.4 Å². The molecule has 0 aliphatic carbocycles. The number of hydrogen-bond donors (Lipinski definition) is 3. The molecule has 3 rings (SSSR count). The van der Waals surface area contributed by atoms with Crippen LogP contribution in [0.1, 0.15) is 23.0 Å². The molecule has 0 fully saturated rings. The van der Waals surface area contributed by atoms with Crippen LogP contribution in [0, 0.1) is 5.82 Å². The van der Waals surface area contributed by atoms with E-state index >= 15 is 0 Å². The maximum Gasteiger partial charge on any atom is 0.291 e. The minimum absolute atomic E-state index is 0.136. The van der Waals surface area contributed by atoms with Crippen LogP contribution in [0.2, 0.25) is 0 Å². The number of hydrogen-bond acceptors (Lipinski definition) is 5. The van der Waals surface area contributed by atoms with Gasteiger partial charge in [0.15, 0.2) is 5.76 Å². The lowest BCUT2D eigenvalue weighted by Crippen LogP contribution is -2.44. The van der Waals surface area contributed by atoms with Crippen molar-refractivity contribution in [2.24, 2.45) is 0 Å². The number of furan rings is 1. The fourth-order valence-corrected chi connectivity index (χ4v) is 3.94. The summed E-state index contributed by atoms with van der Waals surface area (Å²) in [5.74, 6) is -1.68. The second-order valence-corrected chi connectivity index (χ2v) is 8.30. The van der Waals surface area contributed by atoms with Crippen molar-refractivity contribution >= 4 is 27.5 Å². The third-order valence-electron chi connectivity index (χ3n) is 4.27. The lowest BCUT2D eigenvalue weighted by Gasteiger charge is -2.15. The first-order chi connectivity index (χ1) is 14.8. The maximum absolute atomic E-state index is 13.7. The van der Waals surface area contributed by atoms with Crippen molar-refractivity contribution < 1.29 is 26.8 Å². The van der Waals surface area contributed by atoms with E-state index in [-0.39, 0.29) is 18.2 Å². The van der Waals surface area contributed by atoms with Crippen LogP contribution < -0.4 is 15.4 Å². The Bertz CT molecular complexity index is 1160. The van der Waals surface area contributed by atoms with E-state index < -0.39 is 32.7 Å². The molecule has 0 saturated carbocycles. The quantitative estimate of drug-likeness (QED) is 0.493. The SMILES string of the molecule is C[C@H](NS(=O)(=O)c1ccccc1F)C(=O)NCc1ccc(NC(=O)c2ccco2)cc1. The highest BCUT2D eigenvalue weighted by atomic mass is 32.2. The average Bonchev–Trinajstić information content (AvgIpc) is 3.28. The van der Waals surface area contributed by atoms with E-state index in [0.29, 0.717) is 5.69 Å². The average molecular weight is 445 g/mol. The molecule has 0 unspecified atom stereocenters. The van der Waals surface area contributed by atoms with Crippen molar-refractivity contribution in [2.45, 2.75) is 24.4 Å². The Balaban J connectivity index is 1.53. The highest BCUT2D eigenvalue weighted by Gasteiger charge is 2.24. The molecule has 0 bridgehead atoms. The number of rotatable bonds is 8. The third-order valence-corrected chi connectivity index (χ3v) is 5.85. The predicted molar refractivity (Wildman–Crippen MR) is 111 cm³/mol. The first-order valence-corrected chi connectivity index (χ1v) is 10.7. The van der Waals surface area contributed by atoms with Gasteiger partial charge in [-0.1, -0.05) is 24.3 Å². The molecule has 3 aromatic rings. The molecule has 0 radical (unpaired) electrons. The molecule has 8 nitrogen and oxygen atoms in total. The van der Waals surface area contributed by atoms with Gasteiger partial charge in [-0.25, -0.2) is 12.8 Å². The Morgan fingerprint density at radius 2 is 1.74 bits per heavy atom. The number of carbonyl (C=O) groups excluding carboxylic acids is 2. The van der Waals surface area contributed by atoms with Gasteiger partial charge in [-0.2, -0.15) is 4.72 Å². The Hall–Kier alpha value is -3.50. The van der Waals surface area contributed by atoms with E-state index in [4.69, 9.17) is 4.42 Å². The van der Waals surface area contributed by atoms with Crippen LogP contribution in [0.4, 0.5) is 10.1 Å². The Labute approximate surface area is 178 Å². The van der Waals surface area contributed by atoms with Crippen LogP contribution in [-0.4, -0.2) is 26.3 Å². The minimum Gasteiger partial charge on any atom is -0.459 e. The van der Waals surface area contributed by atoms with Crippen LogP contribution in [0.3, 0.4) is 0 Å². The summed E-state index contributed by atoms with van der Waals surface area (Å²) in [5, 5.41) is 5.28. The monoisotopic (exact) mass is 445 g/mol. The third kappa shape index (κ3) is 5.77. The minimum atomic E-state index is -4.19. The Morgan fingerprint density at radius 1 is 1.03 bits per heavy atom. The van der Waals surface area contributed by atoms with E-state index in [1.165, 1.54) is 25.3 Å². The Kier molecular flexibility index (Phi) is 6.83. The van der Waals surface area contributed by atoms with Crippen LogP contribution in [0.15, 0.2) is 76.2 Å². The van der Waals surface area contributed by atoms with Gasteiger partial charge in [-0.05, 0) is 48.9 Å². The van der Waals surface area contributed by atoms with E-state index in [1.54, 1.807) is 36.4 Å². The normalized spacial score (nSPS) is 12.2. The highest BCUT2D eigenvalue weighted by molar-refractivity contribution is 7.89. The Morgan fingerprint density at radius 3 is 2.39 bits per heavy atom. The molecule has 162 valence electrons. The van der Waals surface area contributed by atoms with Crippen molar-refractivity contribution in [3.8, 4) is 0 Å². The number of carbonyl (C=O) groups is 2. The standard InChI is InChI=1S/C21H20FN3O5S/c1-14(25-31(28,29)19-7-3-2-5-17(19)22)20(26)23-13-15-8-10-16(11-9-15)24-21(27)18-6-4-12-30-18/h2-12,14,25H,13H2,1H3,(H,23,26)(H,24,27)/t14-/m0/s1. The van der Waals surface area contributed by atoms with Crippen molar-refractivity contribution in [3.63, 3.8) is 0 Å². The molecule has 3 N–H and O–H groups in total. The van der Waals surface area contributed by atoms with Gasteiger partial charge in [0, 0.05) is 12.2 Å².